The third kappa shape index (κ3) is 5.55. The molecule has 0 bridgehead atoms. The smallest absolute Gasteiger partial charge is 0.220 e. The van der Waals surface area contributed by atoms with Crippen molar-refractivity contribution in [2.24, 2.45) is 11.8 Å². The van der Waals surface area contributed by atoms with Crippen LogP contribution in [-0.2, 0) is 4.79 Å². The summed E-state index contributed by atoms with van der Waals surface area (Å²) < 4.78 is 0. The highest BCUT2D eigenvalue weighted by Gasteiger charge is 2.18. The Kier molecular flexibility index (Phi) is 6.30. The lowest BCUT2D eigenvalue weighted by Gasteiger charge is -2.13. The Hall–Kier alpha value is -0.0500. The molecule has 3 heteroatoms. The third-order valence-corrected chi connectivity index (χ3v) is 3.66. The molecule has 0 radical (unpaired) electrons. The second-order valence-electron chi connectivity index (χ2n) is 4.74. The minimum absolute atomic E-state index is 0.253. The van der Waals surface area contributed by atoms with Crippen LogP contribution >= 0.6 is 15.9 Å². The largest absolute Gasteiger partial charge is 0.356 e. The van der Waals surface area contributed by atoms with Gasteiger partial charge in [-0.3, -0.25) is 4.79 Å². The maximum atomic E-state index is 11.6. The van der Waals surface area contributed by atoms with Crippen LogP contribution in [0, 0.1) is 11.8 Å². The Bertz CT molecular complexity index is 190. The zero-order valence-electron chi connectivity index (χ0n) is 9.60. The minimum Gasteiger partial charge on any atom is -0.356 e. The van der Waals surface area contributed by atoms with E-state index in [2.05, 4.69) is 28.2 Å². The van der Waals surface area contributed by atoms with E-state index in [1.54, 1.807) is 0 Å². The van der Waals surface area contributed by atoms with Gasteiger partial charge >= 0.3 is 0 Å². The van der Waals surface area contributed by atoms with E-state index in [4.69, 9.17) is 0 Å². The first-order valence-corrected chi connectivity index (χ1v) is 7.17. The third-order valence-electron chi connectivity index (χ3n) is 3.20. The molecule has 1 aliphatic carbocycles. The number of carbonyl (C=O) groups is 1. The molecule has 0 aromatic heterocycles. The second kappa shape index (κ2) is 7.26. The minimum atomic E-state index is 0.253. The average Bonchev–Trinajstić information content (AvgIpc) is 2.68. The van der Waals surface area contributed by atoms with Crippen molar-refractivity contribution < 1.29 is 4.79 Å². The van der Waals surface area contributed by atoms with Crippen molar-refractivity contribution in [1.29, 1.82) is 0 Å². The summed E-state index contributed by atoms with van der Waals surface area (Å²) in [6.07, 6.45) is 7.02. The highest BCUT2D eigenvalue weighted by Crippen LogP contribution is 2.27. The molecule has 1 amide bonds. The van der Waals surface area contributed by atoms with E-state index in [0.29, 0.717) is 11.8 Å². The van der Waals surface area contributed by atoms with Crippen LogP contribution in [0.3, 0.4) is 0 Å². The summed E-state index contributed by atoms with van der Waals surface area (Å²) in [4.78, 5) is 11.6. The summed E-state index contributed by atoms with van der Waals surface area (Å²) in [6, 6.07) is 0. The first-order chi connectivity index (χ1) is 7.22. The second-order valence-corrected chi connectivity index (χ2v) is 5.53. The monoisotopic (exact) mass is 275 g/mol. The van der Waals surface area contributed by atoms with E-state index in [0.717, 1.165) is 24.7 Å². The van der Waals surface area contributed by atoms with Gasteiger partial charge in [0.25, 0.3) is 0 Å². The van der Waals surface area contributed by atoms with Crippen LogP contribution in [0.5, 0.6) is 0 Å². The number of alkyl halides is 1. The molecule has 88 valence electrons. The highest BCUT2D eigenvalue weighted by atomic mass is 79.9. The summed E-state index contributed by atoms with van der Waals surface area (Å²) in [5.74, 6) is 1.50. The lowest BCUT2D eigenvalue weighted by atomic mass is 10.0. The maximum Gasteiger partial charge on any atom is 0.220 e. The van der Waals surface area contributed by atoms with E-state index in [9.17, 15) is 4.79 Å². The average molecular weight is 276 g/mol. The zero-order chi connectivity index (χ0) is 11.1. The van der Waals surface area contributed by atoms with Gasteiger partial charge in [-0.25, -0.2) is 0 Å². The molecule has 1 fully saturated rings. The molecule has 0 aliphatic heterocycles. The van der Waals surface area contributed by atoms with Crippen molar-refractivity contribution in [2.75, 3.05) is 11.9 Å². The fraction of sp³-hybridized carbons (Fsp3) is 0.917. The van der Waals surface area contributed by atoms with Gasteiger partial charge in [0.15, 0.2) is 0 Å². The van der Waals surface area contributed by atoms with E-state index < -0.39 is 0 Å². The van der Waals surface area contributed by atoms with Crippen molar-refractivity contribution in [3.8, 4) is 0 Å². The van der Waals surface area contributed by atoms with Gasteiger partial charge in [0.1, 0.15) is 0 Å². The topological polar surface area (TPSA) is 29.1 Å². The fourth-order valence-electron chi connectivity index (χ4n) is 2.13. The summed E-state index contributed by atoms with van der Waals surface area (Å²) in [7, 11) is 0. The van der Waals surface area contributed by atoms with Crippen LogP contribution in [0.1, 0.15) is 45.4 Å². The molecule has 1 aliphatic rings. The van der Waals surface area contributed by atoms with Crippen LogP contribution < -0.4 is 5.32 Å². The van der Waals surface area contributed by atoms with Gasteiger partial charge in [0, 0.05) is 18.3 Å². The van der Waals surface area contributed by atoms with E-state index >= 15 is 0 Å². The van der Waals surface area contributed by atoms with Crippen LogP contribution in [0.2, 0.25) is 0 Å². The van der Waals surface area contributed by atoms with Crippen LogP contribution in [-0.4, -0.2) is 17.8 Å². The van der Waals surface area contributed by atoms with Crippen molar-refractivity contribution >= 4 is 21.8 Å². The number of hydrogen-bond acceptors (Lipinski definition) is 1. The van der Waals surface area contributed by atoms with Gasteiger partial charge in [0.05, 0.1) is 0 Å². The van der Waals surface area contributed by atoms with E-state index in [1.165, 1.54) is 25.7 Å². The summed E-state index contributed by atoms with van der Waals surface area (Å²) in [6.45, 7) is 3.01. The summed E-state index contributed by atoms with van der Waals surface area (Å²) in [5.41, 5.74) is 0. The number of nitrogens with one attached hydrogen (secondary N) is 1. The molecule has 0 saturated heterocycles. The number of amides is 1. The number of hydrogen-bond donors (Lipinski definition) is 1. The lowest BCUT2D eigenvalue weighted by molar-refractivity contribution is -0.122. The van der Waals surface area contributed by atoms with Crippen LogP contribution in [0.4, 0.5) is 0 Å². The summed E-state index contributed by atoms with van der Waals surface area (Å²) in [5, 5.41) is 4.05. The van der Waals surface area contributed by atoms with Gasteiger partial charge in [-0.2, -0.15) is 0 Å². The number of halogens is 1. The molecule has 0 aromatic rings. The molecule has 0 aromatic carbocycles. The van der Waals surface area contributed by atoms with E-state index in [1.807, 2.05) is 0 Å². The van der Waals surface area contributed by atoms with Gasteiger partial charge in [0.2, 0.25) is 5.91 Å². The maximum absolute atomic E-state index is 11.6. The zero-order valence-corrected chi connectivity index (χ0v) is 11.2. The van der Waals surface area contributed by atoms with Crippen molar-refractivity contribution in [1.82, 2.24) is 5.32 Å². The fourth-order valence-corrected chi connectivity index (χ4v) is 2.91. The number of rotatable bonds is 6. The Balaban J connectivity index is 2.07. The molecule has 0 heterocycles. The first kappa shape index (κ1) is 13.0. The highest BCUT2D eigenvalue weighted by molar-refractivity contribution is 9.09. The van der Waals surface area contributed by atoms with Crippen LogP contribution in [0.15, 0.2) is 0 Å². The van der Waals surface area contributed by atoms with Gasteiger partial charge in [-0.1, -0.05) is 35.7 Å². The predicted octanol–water partition coefficient (Wildman–Crippen LogP) is 3.10. The Labute approximate surface area is 101 Å². The standard InChI is InChI=1S/C12H22BrNO/c1-10(6-7-13)9-14-12(15)8-11-4-2-3-5-11/h10-11H,2-9H2,1H3,(H,14,15). The first-order valence-electron chi connectivity index (χ1n) is 6.05. The molecule has 0 spiro atoms. The normalized spacial score (nSPS) is 19.1. The SMILES string of the molecule is CC(CCBr)CNC(=O)CC1CCCC1. The Morgan fingerprint density at radius 1 is 1.47 bits per heavy atom. The van der Waals surface area contributed by atoms with Crippen LogP contribution in [0.25, 0.3) is 0 Å². The van der Waals surface area contributed by atoms with E-state index in [-0.39, 0.29) is 5.91 Å². The number of carbonyl (C=O) groups excluding carboxylic acids is 1. The molecule has 1 unspecified atom stereocenters. The molecule has 2 nitrogen and oxygen atoms in total. The molecule has 1 N–H and O–H groups in total. The van der Waals surface area contributed by atoms with Gasteiger partial charge in [-0.15, -0.1) is 0 Å². The molecule has 15 heavy (non-hydrogen) atoms. The van der Waals surface area contributed by atoms with Gasteiger partial charge < -0.3 is 5.32 Å². The lowest BCUT2D eigenvalue weighted by Crippen LogP contribution is -2.29. The summed E-state index contributed by atoms with van der Waals surface area (Å²) >= 11 is 3.42. The van der Waals surface area contributed by atoms with Crippen molar-refractivity contribution in [3.05, 3.63) is 0 Å². The molecule has 1 rings (SSSR count). The van der Waals surface area contributed by atoms with Gasteiger partial charge in [-0.05, 0) is 31.1 Å². The molecular weight excluding hydrogens is 254 g/mol. The molecule has 1 atom stereocenters. The Morgan fingerprint density at radius 3 is 2.73 bits per heavy atom. The van der Waals surface area contributed by atoms with Crippen molar-refractivity contribution in [2.45, 2.75) is 45.4 Å². The quantitative estimate of drug-likeness (QED) is 0.742. The Morgan fingerprint density at radius 2 is 2.13 bits per heavy atom. The van der Waals surface area contributed by atoms with Crippen molar-refractivity contribution in [3.63, 3.8) is 0 Å². The molecular formula is C12H22BrNO. The molecule has 1 saturated carbocycles. The predicted molar refractivity (Wildman–Crippen MR) is 67.2 cm³/mol.